The summed E-state index contributed by atoms with van der Waals surface area (Å²) >= 11 is 5.11. The van der Waals surface area contributed by atoms with E-state index in [1.54, 1.807) is 0 Å². The van der Waals surface area contributed by atoms with Gasteiger partial charge in [0.05, 0.1) is 0 Å². The van der Waals surface area contributed by atoms with Crippen LogP contribution in [0.1, 0.15) is 41.5 Å². The Kier molecular flexibility index (Phi) is 10.2. The molecule has 1 heterocycles. The number of hydrogen-bond donors (Lipinski definition) is 0. The number of esters is 5. The average Bonchev–Trinajstić information content (AvgIpc) is 2.63. The van der Waals surface area contributed by atoms with Crippen LogP contribution in [0.25, 0.3) is 0 Å². The molecule has 0 N–H and O–H groups in total. The number of ether oxygens (including phenoxy) is 6. The van der Waals surface area contributed by atoms with Crippen LogP contribution in [-0.2, 0) is 57.2 Å². The van der Waals surface area contributed by atoms with E-state index in [9.17, 15) is 28.8 Å². The van der Waals surface area contributed by atoms with E-state index in [2.05, 4.69) is 0 Å². The van der Waals surface area contributed by atoms with Crippen LogP contribution < -0.4 is 0 Å². The van der Waals surface area contributed by atoms with Gasteiger partial charge in [-0.05, 0) is 12.2 Å². The van der Waals surface area contributed by atoms with E-state index in [0.717, 1.165) is 46.4 Å². The summed E-state index contributed by atoms with van der Waals surface area (Å²) in [6.07, 6.45) is -6.29. The Morgan fingerprint density at radius 3 is 1.82 bits per heavy atom. The third-order valence-corrected chi connectivity index (χ3v) is 4.31. The maximum Gasteiger partial charge on any atom is 0.305 e. The molecule has 1 fully saturated rings. The summed E-state index contributed by atoms with van der Waals surface area (Å²) in [7, 11) is 0. The van der Waals surface area contributed by atoms with Crippen LogP contribution in [0.4, 0.5) is 0 Å². The molecule has 5 atom stereocenters. The number of hydrogen-bond acceptors (Lipinski definition) is 13. The summed E-state index contributed by atoms with van der Waals surface area (Å²) in [6.45, 7) is 5.77. The van der Waals surface area contributed by atoms with E-state index < -0.39 is 78.2 Å². The first-order valence-corrected chi connectivity index (χ1v) is 9.98. The standard InChI is InChI=1S/C19H25NO12S/c1-8(21)20-15(17(30-12(5)25)18(31-13(6)26)32-19(20)33)16(29-11(4)24)14(28-10(3)23)7-27-9(2)22/h14-18H,7H2,1-6H3/t14-,15+,16-,17-,18?/m1/s1. The molecule has 0 aliphatic carbocycles. The highest BCUT2D eigenvalue weighted by Crippen LogP contribution is 2.30. The minimum Gasteiger partial charge on any atom is -0.462 e. The van der Waals surface area contributed by atoms with Gasteiger partial charge in [0.1, 0.15) is 12.6 Å². The minimum atomic E-state index is -1.63. The topological polar surface area (TPSA) is 161 Å². The molecule has 1 amide bonds. The van der Waals surface area contributed by atoms with Crippen molar-refractivity contribution in [3.05, 3.63) is 0 Å². The molecule has 13 nitrogen and oxygen atoms in total. The molecule has 14 heteroatoms. The second kappa shape index (κ2) is 12.1. The molecule has 1 aliphatic rings. The van der Waals surface area contributed by atoms with Crippen molar-refractivity contribution in [3.8, 4) is 0 Å². The van der Waals surface area contributed by atoms with Gasteiger partial charge < -0.3 is 28.4 Å². The van der Waals surface area contributed by atoms with E-state index in [1.165, 1.54) is 0 Å². The van der Waals surface area contributed by atoms with Crippen molar-refractivity contribution in [2.24, 2.45) is 0 Å². The van der Waals surface area contributed by atoms with Gasteiger partial charge >= 0.3 is 29.8 Å². The zero-order chi connectivity index (χ0) is 25.5. The first kappa shape index (κ1) is 27.7. The molecule has 0 aromatic heterocycles. The van der Waals surface area contributed by atoms with Crippen molar-refractivity contribution >= 4 is 53.1 Å². The average molecular weight is 491 g/mol. The molecule has 1 saturated heterocycles. The van der Waals surface area contributed by atoms with Crippen LogP contribution in [0.2, 0.25) is 0 Å². The second-order valence-corrected chi connectivity index (χ2v) is 7.19. The van der Waals surface area contributed by atoms with Crippen molar-refractivity contribution in [2.45, 2.75) is 72.2 Å². The summed E-state index contributed by atoms with van der Waals surface area (Å²) in [5.41, 5.74) is 0. The minimum absolute atomic E-state index is 0.492. The van der Waals surface area contributed by atoms with Crippen LogP contribution in [0.15, 0.2) is 0 Å². The Hall–Kier alpha value is -3.29. The number of nitrogens with zero attached hydrogens (tertiary/aromatic N) is 1. The highest BCUT2D eigenvalue weighted by Gasteiger charge is 2.55. The Morgan fingerprint density at radius 1 is 0.848 bits per heavy atom. The van der Waals surface area contributed by atoms with Crippen molar-refractivity contribution in [3.63, 3.8) is 0 Å². The summed E-state index contributed by atoms with van der Waals surface area (Å²) in [5, 5.41) is -0.492. The van der Waals surface area contributed by atoms with Gasteiger partial charge in [0, 0.05) is 41.5 Å². The summed E-state index contributed by atoms with van der Waals surface area (Å²) in [5.74, 6) is -4.90. The maximum atomic E-state index is 12.5. The third kappa shape index (κ3) is 8.29. The second-order valence-electron chi connectivity index (χ2n) is 6.84. The van der Waals surface area contributed by atoms with E-state index in [4.69, 9.17) is 40.6 Å². The summed E-state index contributed by atoms with van der Waals surface area (Å²) in [4.78, 5) is 71.7. The first-order valence-electron chi connectivity index (χ1n) is 9.57. The lowest BCUT2D eigenvalue weighted by Crippen LogP contribution is -2.68. The van der Waals surface area contributed by atoms with Gasteiger partial charge in [-0.3, -0.25) is 33.7 Å². The maximum absolute atomic E-state index is 12.5. The monoisotopic (exact) mass is 491 g/mol. The predicted molar refractivity (Wildman–Crippen MR) is 109 cm³/mol. The van der Waals surface area contributed by atoms with Crippen LogP contribution in [0.3, 0.4) is 0 Å². The van der Waals surface area contributed by atoms with Gasteiger partial charge in [-0.1, -0.05) is 0 Å². The largest absolute Gasteiger partial charge is 0.462 e. The van der Waals surface area contributed by atoms with Gasteiger partial charge in [0.2, 0.25) is 5.91 Å². The zero-order valence-electron chi connectivity index (χ0n) is 18.8. The van der Waals surface area contributed by atoms with Crippen molar-refractivity contribution in [2.75, 3.05) is 6.61 Å². The van der Waals surface area contributed by atoms with E-state index in [-0.39, 0.29) is 0 Å². The lowest BCUT2D eigenvalue weighted by molar-refractivity contribution is -0.229. The normalized spacial score (nSPS) is 21.6. The highest BCUT2D eigenvalue weighted by atomic mass is 32.1. The summed E-state index contributed by atoms with van der Waals surface area (Å²) in [6, 6.07) is -1.50. The van der Waals surface area contributed by atoms with Crippen molar-refractivity contribution < 1.29 is 57.2 Å². The van der Waals surface area contributed by atoms with Gasteiger partial charge in [-0.25, -0.2) is 0 Å². The quantitative estimate of drug-likeness (QED) is 0.249. The Bertz CT molecular complexity index is 828. The van der Waals surface area contributed by atoms with Crippen LogP contribution in [0.5, 0.6) is 0 Å². The molecular weight excluding hydrogens is 466 g/mol. The molecule has 1 aliphatic heterocycles. The molecule has 0 spiro atoms. The SMILES string of the molecule is CC(=O)OC[C@@H](OC(C)=O)[C@@H](OC(C)=O)[C@H]1[C@@H](OC(C)=O)C(OC(C)=O)OC(=S)N1C(C)=O. The first-order chi connectivity index (χ1) is 15.2. The Balaban J connectivity index is 3.68. The predicted octanol–water partition coefficient (Wildman–Crippen LogP) is -0.234. The molecule has 33 heavy (non-hydrogen) atoms. The molecule has 1 rings (SSSR count). The molecule has 0 saturated carbocycles. The highest BCUT2D eigenvalue weighted by molar-refractivity contribution is 7.80. The van der Waals surface area contributed by atoms with Crippen LogP contribution in [0, 0.1) is 0 Å². The third-order valence-electron chi connectivity index (χ3n) is 4.01. The number of rotatable bonds is 8. The Morgan fingerprint density at radius 2 is 1.39 bits per heavy atom. The molecule has 1 unspecified atom stereocenters. The Labute approximate surface area is 194 Å². The molecule has 0 radical (unpaired) electrons. The van der Waals surface area contributed by atoms with E-state index in [0.29, 0.717) is 0 Å². The van der Waals surface area contributed by atoms with Gasteiger partial charge in [-0.2, -0.15) is 0 Å². The zero-order valence-corrected chi connectivity index (χ0v) is 19.7. The van der Waals surface area contributed by atoms with Crippen molar-refractivity contribution in [1.29, 1.82) is 0 Å². The molecule has 0 aromatic rings. The molecule has 0 bridgehead atoms. The lowest BCUT2D eigenvalue weighted by atomic mass is 9.96. The van der Waals surface area contributed by atoms with E-state index in [1.807, 2.05) is 0 Å². The van der Waals surface area contributed by atoms with Gasteiger partial charge in [0.25, 0.3) is 11.5 Å². The lowest BCUT2D eigenvalue weighted by Gasteiger charge is -2.46. The number of carbonyl (C=O) groups excluding carboxylic acids is 6. The number of thiocarbonyl (C=S) groups is 1. The fourth-order valence-corrected chi connectivity index (χ4v) is 3.41. The number of carbonyl (C=O) groups is 6. The van der Waals surface area contributed by atoms with E-state index >= 15 is 0 Å². The summed E-state index contributed by atoms with van der Waals surface area (Å²) < 4.78 is 31.1. The molecule has 0 aromatic carbocycles. The smallest absolute Gasteiger partial charge is 0.305 e. The van der Waals surface area contributed by atoms with Gasteiger partial charge in [0.15, 0.2) is 18.3 Å². The fraction of sp³-hybridized carbons (Fsp3) is 0.632. The fourth-order valence-electron chi connectivity index (χ4n) is 3.06. The number of amides is 1. The van der Waals surface area contributed by atoms with Crippen LogP contribution in [-0.4, -0.2) is 83.1 Å². The van der Waals surface area contributed by atoms with Crippen LogP contribution >= 0.6 is 12.2 Å². The van der Waals surface area contributed by atoms with Gasteiger partial charge in [-0.15, -0.1) is 0 Å². The van der Waals surface area contributed by atoms with Crippen molar-refractivity contribution in [1.82, 2.24) is 4.90 Å². The molecule has 184 valence electrons. The molecular formula is C19H25NO12S.